The van der Waals surface area contributed by atoms with Crippen LogP contribution in [-0.4, -0.2) is 32.4 Å². The second kappa shape index (κ2) is 10.0. The van der Waals surface area contributed by atoms with Crippen LogP contribution in [0.5, 0.6) is 5.75 Å². The molecule has 1 N–H and O–H groups in total. The van der Waals surface area contributed by atoms with Crippen LogP contribution < -0.4 is 10.1 Å². The maximum atomic E-state index is 5.89. The van der Waals surface area contributed by atoms with E-state index in [0.717, 1.165) is 24.3 Å². The zero-order chi connectivity index (χ0) is 16.3. The molecule has 2 aromatic carbocycles. The average molecular weight is 313 g/mol. The van der Waals surface area contributed by atoms with Crippen molar-refractivity contribution in [1.82, 2.24) is 5.32 Å². The van der Waals surface area contributed by atoms with Crippen molar-refractivity contribution in [1.29, 1.82) is 0 Å². The van der Waals surface area contributed by atoms with Crippen molar-refractivity contribution in [2.75, 3.05) is 26.4 Å². The van der Waals surface area contributed by atoms with E-state index in [2.05, 4.69) is 37.4 Å². The lowest BCUT2D eigenvalue weighted by Gasteiger charge is -2.13. The minimum Gasteiger partial charge on any atom is -0.491 e. The Hall–Kier alpha value is -1.84. The number of para-hydroxylation sites is 1. The molecule has 0 aromatic heterocycles. The van der Waals surface area contributed by atoms with Gasteiger partial charge < -0.3 is 14.8 Å². The van der Waals surface area contributed by atoms with Gasteiger partial charge in [-0.2, -0.15) is 0 Å². The van der Waals surface area contributed by atoms with Gasteiger partial charge in [-0.3, -0.25) is 0 Å². The lowest BCUT2D eigenvalue weighted by atomic mass is 10.1. The van der Waals surface area contributed by atoms with E-state index in [1.807, 2.05) is 36.4 Å². The van der Waals surface area contributed by atoms with E-state index >= 15 is 0 Å². The third-order valence-electron chi connectivity index (χ3n) is 3.81. The molecule has 0 saturated heterocycles. The van der Waals surface area contributed by atoms with Gasteiger partial charge in [-0.15, -0.1) is 0 Å². The topological polar surface area (TPSA) is 30.5 Å². The quantitative estimate of drug-likeness (QED) is 0.669. The van der Waals surface area contributed by atoms with Gasteiger partial charge in [-0.25, -0.2) is 0 Å². The van der Waals surface area contributed by atoms with Gasteiger partial charge >= 0.3 is 0 Å². The maximum absolute atomic E-state index is 5.89. The van der Waals surface area contributed by atoms with E-state index in [0.29, 0.717) is 25.9 Å². The summed E-state index contributed by atoms with van der Waals surface area (Å²) in [4.78, 5) is 0. The summed E-state index contributed by atoms with van der Waals surface area (Å²) < 4.78 is 11.5. The molecule has 3 heteroatoms. The van der Waals surface area contributed by atoms with Crippen LogP contribution >= 0.6 is 0 Å². The van der Waals surface area contributed by atoms with Crippen molar-refractivity contribution >= 4 is 0 Å². The number of rotatable bonds is 10. The number of benzene rings is 2. The highest BCUT2D eigenvalue weighted by Gasteiger charge is 2.05. The maximum Gasteiger partial charge on any atom is 0.127 e. The third-order valence-corrected chi connectivity index (χ3v) is 3.81. The van der Waals surface area contributed by atoms with Crippen LogP contribution in [0.2, 0.25) is 0 Å². The average Bonchev–Trinajstić information content (AvgIpc) is 2.61. The van der Waals surface area contributed by atoms with Gasteiger partial charge in [0.15, 0.2) is 0 Å². The molecular formula is C20H27NO2. The highest BCUT2D eigenvalue weighted by molar-refractivity contribution is 5.70. The minimum absolute atomic E-state index is 0.549. The number of nitrogens with one attached hydrogen (secondary N) is 1. The molecule has 0 unspecified atom stereocenters. The molecule has 0 spiro atoms. The van der Waals surface area contributed by atoms with Crippen LogP contribution in [0.3, 0.4) is 0 Å². The van der Waals surface area contributed by atoms with Crippen molar-refractivity contribution in [3.05, 3.63) is 54.6 Å². The van der Waals surface area contributed by atoms with Gasteiger partial charge in [0.05, 0.1) is 13.2 Å². The van der Waals surface area contributed by atoms with Crippen LogP contribution in [-0.2, 0) is 4.74 Å². The summed E-state index contributed by atoms with van der Waals surface area (Å²) >= 11 is 0. The summed E-state index contributed by atoms with van der Waals surface area (Å²) in [7, 11) is 0. The molecular weight excluding hydrogens is 286 g/mol. The van der Waals surface area contributed by atoms with E-state index in [9.17, 15) is 0 Å². The van der Waals surface area contributed by atoms with Crippen molar-refractivity contribution in [3.8, 4) is 16.9 Å². The first-order valence-corrected chi connectivity index (χ1v) is 8.39. The molecule has 124 valence electrons. The molecule has 0 aliphatic carbocycles. The standard InChI is InChI=1S/C20H27NO2/c1-3-17(2)21-13-14-22-15-16-23-20-12-8-7-11-19(20)18-9-5-4-6-10-18/h4-12,17,21H,3,13-16H2,1-2H3/t17-/m0/s1. The predicted molar refractivity (Wildman–Crippen MR) is 95.9 cm³/mol. The Balaban J connectivity index is 1.74. The van der Waals surface area contributed by atoms with Crippen LogP contribution in [0, 0.1) is 0 Å². The molecule has 0 radical (unpaired) electrons. The smallest absolute Gasteiger partial charge is 0.127 e. The van der Waals surface area contributed by atoms with Crippen LogP contribution in [0.4, 0.5) is 0 Å². The van der Waals surface area contributed by atoms with Gasteiger partial charge in [0, 0.05) is 18.2 Å². The Bertz CT molecular complexity index is 557. The normalized spacial score (nSPS) is 12.1. The van der Waals surface area contributed by atoms with Gasteiger partial charge in [-0.05, 0) is 25.0 Å². The SMILES string of the molecule is CC[C@H](C)NCCOCCOc1ccccc1-c1ccccc1. The Morgan fingerprint density at radius 1 is 0.913 bits per heavy atom. The summed E-state index contributed by atoms with van der Waals surface area (Å²) in [5, 5.41) is 3.41. The van der Waals surface area contributed by atoms with Crippen LogP contribution in [0.25, 0.3) is 11.1 Å². The molecule has 2 rings (SSSR count). The fourth-order valence-corrected chi connectivity index (χ4v) is 2.28. The molecule has 0 bridgehead atoms. The highest BCUT2D eigenvalue weighted by atomic mass is 16.5. The summed E-state index contributed by atoms with van der Waals surface area (Å²) in [5.74, 6) is 0.903. The molecule has 0 fully saturated rings. The van der Waals surface area contributed by atoms with Crippen molar-refractivity contribution in [2.45, 2.75) is 26.3 Å². The van der Waals surface area contributed by atoms with E-state index in [1.165, 1.54) is 5.56 Å². The van der Waals surface area contributed by atoms with Gasteiger partial charge in [0.1, 0.15) is 12.4 Å². The molecule has 0 aliphatic rings. The van der Waals surface area contributed by atoms with E-state index < -0.39 is 0 Å². The number of hydrogen-bond donors (Lipinski definition) is 1. The summed E-state index contributed by atoms with van der Waals surface area (Å²) in [6.45, 7) is 7.13. The second-order valence-corrected chi connectivity index (χ2v) is 5.59. The largest absolute Gasteiger partial charge is 0.491 e. The summed E-state index contributed by atoms with van der Waals surface area (Å²) in [5.41, 5.74) is 2.29. The fourth-order valence-electron chi connectivity index (χ4n) is 2.28. The van der Waals surface area contributed by atoms with Crippen molar-refractivity contribution in [3.63, 3.8) is 0 Å². The Kier molecular flexibility index (Phi) is 7.64. The first kappa shape index (κ1) is 17.5. The first-order chi connectivity index (χ1) is 11.3. The van der Waals surface area contributed by atoms with Crippen molar-refractivity contribution in [2.24, 2.45) is 0 Å². The zero-order valence-electron chi connectivity index (χ0n) is 14.1. The molecule has 1 atom stereocenters. The number of hydrogen-bond acceptors (Lipinski definition) is 3. The summed E-state index contributed by atoms with van der Waals surface area (Å²) in [6, 6.07) is 19.0. The molecule has 23 heavy (non-hydrogen) atoms. The fraction of sp³-hybridized carbons (Fsp3) is 0.400. The highest BCUT2D eigenvalue weighted by Crippen LogP contribution is 2.29. The molecule has 2 aromatic rings. The predicted octanol–water partition coefficient (Wildman–Crippen LogP) is 4.14. The monoisotopic (exact) mass is 313 g/mol. The van der Waals surface area contributed by atoms with E-state index in [4.69, 9.17) is 9.47 Å². The van der Waals surface area contributed by atoms with Gasteiger partial charge in [-0.1, -0.05) is 55.5 Å². The van der Waals surface area contributed by atoms with E-state index in [-0.39, 0.29) is 0 Å². The van der Waals surface area contributed by atoms with Crippen molar-refractivity contribution < 1.29 is 9.47 Å². The van der Waals surface area contributed by atoms with Gasteiger partial charge in [0.25, 0.3) is 0 Å². The zero-order valence-corrected chi connectivity index (χ0v) is 14.1. The minimum atomic E-state index is 0.549. The molecule has 0 aliphatic heterocycles. The number of ether oxygens (including phenoxy) is 2. The Labute approximate surface area is 139 Å². The lowest BCUT2D eigenvalue weighted by molar-refractivity contribution is 0.101. The molecule has 0 heterocycles. The first-order valence-electron chi connectivity index (χ1n) is 8.39. The Morgan fingerprint density at radius 3 is 2.43 bits per heavy atom. The van der Waals surface area contributed by atoms with E-state index in [1.54, 1.807) is 0 Å². The third kappa shape index (κ3) is 6.05. The second-order valence-electron chi connectivity index (χ2n) is 5.59. The lowest BCUT2D eigenvalue weighted by Crippen LogP contribution is -2.29. The molecule has 0 amide bonds. The Morgan fingerprint density at radius 2 is 1.65 bits per heavy atom. The van der Waals surface area contributed by atoms with Crippen LogP contribution in [0.1, 0.15) is 20.3 Å². The van der Waals surface area contributed by atoms with Gasteiger partial charge in [0.2, 0.25) is 0 Å². The molecule has 3 nitrogen and oxygen atoms in total. The summed E-state index contributed by atoms with van der Waals surface area (Å²) in [6.07, 6.45) is 1.14. The van der Waals surface area contributed by atoms with Crippen LogP contribution in [0.15, 0.2) is 54.6 Å². The molecule has 0 saturated carbocycles.